The van der Waals surface area contributed by atoms with E-state index in [0.29, 0.717) is 0 Å². The van der Waals surface area contributed by atoms with Crippen LogP contribution in [0.2, 0.25) is 0 Å². The first-order valence-corrected chi connectivity index (χ1v) is 16.0. The number of rotatable bonds is 29. The molecule has 0 spiro atoms. The molecular formula is C32H66O. The van der Waals surface area contributed by atoms with E-state index in [2.05, 4.69) is 13.8 Å². The summed E-state index contributed by atoms with van der Waals surface area (Å²) in [5.74, 6) is 0. The fourth-order valence-corrected chi connectivity index (χ4v) is 5.12. The summed E-state index contributed by atoms with van der Waals surface area (Å²) in [6.45, 7) is 4.58. The van der Waals surface area contributed by atoms with Crippen LogP contribution in [0.5, 0.6) is 0 Å². The summed E-state index contributed by atoms with van der Waals surface area (Å²) in [7, 11) is 0. The fourth-order valence-electron chi connectivity index (χ4n) is 5.12. The number of hydrogen-bond acceptors (Lipinski definition) is 1. The van der Waals surface area contributed by atoms with Gasteiger partial charge in [0.15, 0.2) is 0 Å². The maximum Gasteiger partial charge on any atom is 0.0540 e. The van der Waals surface area contributed by atoms with Gasteiger partial charge in [-0.05, 0) is 12.8 Å². The van der Waals surface area contributed by atoms with Crippen molar-refractivity contribution in [1.29, 1.82) is 0 Å². The fraction of sp³-hybridized carbons (Fsp3) is 1.00. The highest BCUT2D eigenvalue weighted by Crippen LogP contribution is 2.16. The smallest absolute Gasteiger partial charge is 0.0540 e. The predicted molar refractivity (Wildman–Crippen MR) is 151 cm³/mol. The van der Waals surface area contributed by atoms with Crippen molar-refractivity contribution >= 4 is 0 Å². The SMILES string of the molecule is CCCCCCCCCCCCCCCCCCCCCC(O)CCCCCCCCCC. The summed E-state index contributed by atoms with van der Waals surface area (Å²) in [4.78, 5) is 0. The minimum Gasteiger partial charge on any atom is -0.393 e. The Morgan fingerprint density at radius 1 is 0.303 bits per heavy atom. The monoisotopic (exact) mass is 467 g/mol. The maximum absolute atomic E-state index is 10.2. The zero-order chi connectivity index (χ0) is 24.1. The van der Waals surface area contributed by atoms with Crippen LogP contribution < -0.4 is 0 Å². The normalized spacial score (nSPS) is 12.5. The molecule has 0 aromatic heterocycles. The molecule has 0 fully saturated rings. The van der Waals surface area contributed by atoms with E-state index in [0.717, 1.165) is 12.8 Å². The van der Waals surface area contributed by atoms with Gasteiger partial charge in [0, 0.05) is 0 Å². The largest absolute Gasteiger partial charge is 0.393 e. The first-order valence-electron chi connectivity index (χ1n) is 16.0. The zero-order valence-electron chi connectivity index (χ0n) is 23.5. The molecule has 0 aromatic carbocycles. The average Bonchev–Trinajstić information content (AvgIpc) is 2.82. The highest BCUT2D eigenvalue weighted by atomic mass is 16.3. The van der Waals surface area contributed by atoms with Gasteiger partial charge >= 0.3 is 0 Å². The second kappa shape index (κ2) is 30.0. The second-order valence-electron chi connectivity index (χ2n) is 11.1. The van der Waals surface area contributed by atoms with E-state index in [4.69, 9.17) is 0 Å². The molecule has 0 saturated heterocycles. The first kappa shape index (κ1) is 33.0. The van der Waals surface area contributed by atoms with Crippen molar-refractivity contribution in [2.75, 3.05) is 0 Å². The minimum absolute atomic E-state index is 0.0316. The number of aliphatic hydroxyl groups is 1. The van der Waals surface area contributed by atoms with Crippen LogP contribution in [-0.2, 0) is 0 Å². The van der Waals surface area contributed by atoms with Gasteiger partial charge in [-0.3, -0.25) is 0 Å². The quantitative estimate of drug-likeness (QED) is 0.109. The Morgan fingerprint density at radius 3 is 0.697 bits per heavy atom. The third-order valence-electron chi connectivity index (χ3n) is 7.53. The molecule has 1 N–H and O–H groups in total. The van der Waals surface area contributed by atoms with Gasteiger partial charge in [0.2, 0.25) is 0 Å². The average molecular weight is 467 g/mol. The topological polar surface area (TPSA) is 20.2 Å². The van der Waals surface area contributed by atoms with E-state index >= 15 is 0 Å². The highest BCUT2D eigenvalue weighted by molar-refractivity contribution is 4.58. The molecule has 0 bridgehead atoms. The Labute approximate surface area is 211 Å². The van der Waals surface area contributed by atoms with Gasteiger partial charge in [-0.25, -0.2) is 0 Å². The van der Waals surface area contributed by atoms with E-state index in [1.807, 2.05) is 0 Å². The third kappa shape index (κ3) is 29.9. The number of unbranched alkanes of at least 4 members (excludes halogenated alkanes) is 25. The Morgan fingerprint density at radius 2 is 0.485 bits per heavy atom. The molecular weight excluding hydrogens is 400 g/mol. The highest BCUT2D eigenvalue weighted by Gasteiger charge is 2.03. The van der Waals surface area contributed by atoms with Gasteiger partial charge in [-0.1, -0.05) is 187 Å². The van der Waals surface area contributed by atoms with Crippen LogP contribution in [-0.4, -0.2) is 11.2 Å². The molecule has 0 aromatic rings. The van der Waals surface area contributed by atoms with Gasteiger partial charge in [-0.15, -0.1) is 0 Å². The molecule has 0 saturated carbocycles. The van der Waals surface area contributed by atoms with Crippen LogP contribution in [0, 0.1) is 0 Å². The van der Waals surface area contributed by atoms with E-state index < -0.39 is 0 Å². The Kier molecular flexibility index (Phi) is 30.0. The van der Waals surface area contributed by atoms with E-state index in [-0.39, 0.29) is 6.10 Å². The maximum atomic E-state index is 10.2. The lowest BCUT2D eigenvalue weighted by molar-refractivity contribution is 0.147. The predicted octanol–water partition coefficient (Wildman–Crippen LogP) is 11.7. The molecule has 0 rings (SSSR count). The van der Waals surface area contributed by atoms with Gasteiger partial charge in [0.05, 0.1) is 6.10 Å². The molecule has 0 aliphatic rings. The summed E-state index contributed by atoms with van der Waals surface area (Å²) in [5, 5.41) is 10.2. The minimum atomic E-state index is -0.0316. The van der Waals surface area contributed by atoms with Crippen molar-refractivity contribution in [3.8, 4) is 0 Å². The standard InChI is InChI=1S/C32H66O/c1-3-5-7-9-11-13-14-15-16-17-18-19-20-21-22-23-25-27-29-31-32(33)30-28-26-24-12-10-8-6-4-2/h32-33H,3-31H2,1-2H3. The molecule has 200 valence electrons. The number of hydrogen-bond donors (Lipinski definition) is 1. The lowest BCUT2D eigenvalue weighted by Gasteiger charge is -2.10. The van der Waals surface area contributed by atoms with Crippen LogP contribution in [0.3, 0.4) is 0 Å². The van der Waals surface area contributed by atoms with Gasteiger partial charge < -0.3 is 5.11 Å². The van der Waals surface area contributed by atoms with Crippen molar-refractivity contribution < 1.29 is 5.11 Å². The van der Waals surface area contributed by atoms with Crippen LogP contribution in [0.1, 0.15) is 200 Å². The van der Waals surface area contributed by atoms with Crippen molar-refractivity contribution in [3.63, 3.8) is 0 Å². The summed E-state index contributed by atoms with van der Waals surface area (Å²) < 4.78 is 0. The van der Waals surface area contributed by atoms with Gasteiger partial charge in [0.1, 0.15) is 0 Å². The Balaban J connectivity index is 3.10. The Bertz CT molecular complexity index is 326. The molecule has 33 heavy (non-hydrogen) atoms. The molecule has 0 aliphatic heterocycles. The van der Waals surface area contributed by atoms with Crippen LogP contribution in [0.15, 0.2) is 0 Å². The van der Waals surface area contributed by atoms with Crippen LogP contribution >= 0.6 is 0 Å². The molecule has 0 heterocycles. The van der Waals surface area contributed by atoms with Crippen molar-refractivity contribution in [2.24, 2.45) is 0 Å². The lowest BCUT2D eigenvalue weighted by Crippen LogP contribution is -2.05. The van der Waals surface area contributed by atoms with E-state index in [1.54, 1.807) is 0 Å². The molecule has 0 amide bonds. The first-order chi connectivity index (χ1) is 16.3. The van der Waals surface area contributed by atoms with E-state index in [9.17, 15) is 5.11 Å². The molecule has 0 aliphatic carbocycles. The summed E-state index contributed by atoms with van der Waals surface area (Å²) in [6.07, 6.45) is 40.1. The van der Waals surface area contributed by atoms with Crippen molar-refractivity contribution in [2.45, 2.75) is 206 Å². The summed E-state index contributed by atoms with van der Waals surface area (Å²) in [5.41, 5.74) is 0. The Hall–Kier alpha value is -0.0400. The van der Waals surface area contributed by atoms with Crippen molar-refractivity contribution in [3.05, 3.63) is 0 Å². The molecule has 1 unspecified atom stereocenters. The third-order valence-corrected chi connectivity index (χ3v) is 7.53. The van der Waals surface area contributed by atoms with Gasteiger partial charge in [0.25, 0.3) is 0 Å². The number of aliphatic hydroxyl groups excluding tert-OH is 1. The summed E-state index contributed by atoms with van der Waals surface area (Å²) >= 11 is 0. The van der Waals surface area contributed by atoms with Crippen LogP contribution in [0.4, 0.5) is 0 Å². The van der Waals surface area contributed by atoms with E-state index in [1.165, 1.54) is 173 Å². The summed E-state index contributed by atoms with van der Waals surface area (Å²) in [6, 6.07) is 0. The van der Waals surface area contributed by atoms with Crippen LogP contribution in [0.25, 0.3) is 0 Å². The molecule has 1 nitrogen and oxygen atoms in total. The lowest BCUT2D eigenvalue weighted by atomic mass is 10.0. The zero-order valence-corrected chi connectivity index (χ0v) is 23.5. The molecule has 1 atom stereocenters. The van der Waals surface area contributed by atoms with Crippen molar-refractivity contribution in [1.82, 2.24) is 0 Å². The second-order valence-corrected chi connectivity index (χ2v) is 11.1. The molecule has 1 heteroatoms. The molecule has 0 radical (unpaired) electrons. The van der Waals surface area contributed by atoms with Gasteiger partial charge in [-0.2, -0.15) is 0 Å².